The lowest BCUT2D eigenvalue weighted by Crippen LogP contribution is -2.36. The van der Waals surface area contributed by atoms with Crippen LogP contribution in [-0.2, 0) is 22.4 Å². The van der Waals surface area contributed by atoms with Gasteiger partial charge in [-0.1, -0.05) is 11.3 Å². The zero-order valence-electron chi connectivity index (χ0n) is 16.7. The van der Waals surface area contributed by atoms with E-state index in [1.54, 1.807) is 11.8 Å². The number of rotatable bonds is 8. The Kier molecular flexibility index (Phi) is 5.70. The molecule has 0 saturated carbocycles. The van der Waals surface area contributed by atoms with Gasteiger partial charge in [0.05, 0.1) is 24.9 Å². The molecule has 1 saturated heterocycles. The highest BCUT2D eigenvalue weighted by Gasteiger charge is 2.27. The first kappa shape index (κ1) is 20.0. The van der Waals surface area contributed by atoms with Gasteiger partial charge in [-0.2, -0.15) is 0 Å². The minimum Gasteiger partial charge on any atom is -0.454 e. The molecule has 4 rings (SSSR count). The van der Waals surface area contributed by atoms with Crippen LogP contribution in [0.4, 0.5) is 4.79 Å². The summed E-state index contributed by atoms with van der Waals surface area (Å²) in [7, 11) is 1.57. The van der Waals surface area contributed by atoms with Crippen LogP contribution < -0.4 is 20.1 Å². The number of alkyl carbamates (subject to hydrolysis) is 1. The van der Waals surface area contributed by atoms with E-state index in [2.05, 4.69) is 20.9 Å². The van der Waals surface area contributed by atoms with Gasteiger partial charge in [0.1, 0.15) is 6.61 Å². The molecule has 2 unspecified atom stereocenters. The number of nitrogens with one attached hydrogen (secondary N) is 2. The summed E-state index contributed by atoms with van der Waals surface area (Å²) in [6, 6.07) is 5.17. The van der Waals surface area contributed by atoms with E-state index in [0.717, 1.165) is 5.56 Å². The topological polar surface area (TPSA) is 126 Å². The van der Waals surface area contributed by atoms with E-state index in [0.29, 0.717) is 36.8 Å². The van der Waals surface area contributed by atoms with E-state index < -0.39 is 6.09 Å². The molecule has 160 valence electrons. The second-order valence-corrected chi connectivity index (χ2v) is 7.20. The summed E-state index contributed by atoms with van der Waals surface area (Å²) in [4.78, 5) is 24.2. The number of benzene rings is 1. The SMILES string of the molecule is COCC(C)NC(=O)c1nnn(CC2COC(=O)N2)c1Cc1ccc2c(c1)OCO2. The fourth-order valence-corrected chi connectivity index (χ4v) is 3.39. The van der Waals surface area contributed by atoms with E-state index in [1.807, 2.05) is 25.1 Å². The van der Waals surface area contributed by atoms with Gasteiger partial charge in [-0.05, 0) is 24.6 Å². The standard InChI is InChI=1S/C19H23N5O6/c1-11(8-27-2)20-18(25)17-14(5-12-3-4-15-16(6-12)30-10-29-15)24(23-22-17)7-13-9-28-19(26)21-13/h3-4,6,11,13H,5,7-10H2,1-2H3,(H,20,25)(H,21,26). The molecule has 2 aliphatic rings. The van der Waals surface area contributed by atoms with E-state index in [-0.39, 0.29) is 37.1 Å². The van der Waals surface area contributed by atoms with E-state index in [4.69, 9.17) is 18.9 Å². The van der Waals surface area contributed by atoms with Crippen molar-refractivity contribution in [3.8, 4) is 11.5 Å². The molecule has 2 N–H and O–H groups in total. The maximum atomic E-state index is 12.8. The molecule has 3 heterocycles. The molecule has 0 spiro atoms. The fourth-order valence-electron chi connectivity index (χ4n) is 3.39. The van der Waals surface area contributed by atoms with Crippen LogP contribution in [-0.4, -0.2) is 66.2 Å². The predicted octanol–water partition coefficient (Wildman–Crippen LogP) is 0.471. The van der Waals surface area contributed by atoms with Gasteiger partial charge in [-0.15, -0.1) is 5.10 Å². The maximum Gasteiger partial charge on any atom is 0.407 e. The molecule has 1 fully saturated rings. The van der Waals surface area contributed by atoms with Crippen LogP contribution in [0.25, 0.3) is 0 Å². The van der Waals surface area contributed by atoms with Crippen LogP contribution in [0, 0.1) is 0 Å². The largest absolute Gasteiger partial charge is 0.454 e. The summed E-state index contributed by atoms with van der Waals surface area (Å²) in [5.41, 5.74) is 1.76. The second kappa shape index (κ2) is 8.57. The number of carbonyl (C=O) groups is 2. The fraction of sp³-hybridized carbons (Fsp3) is 0.474. The molecule has 1 aromatic heterocycles. The first-order valence-corrected chi connectivity index (χ1v) is 9.57. The molecule has 2 aliphatic heterocycles. The molecule has 30 heavy (non-hydrogen) atoms. The third kappa shape index (κ3) is 4.30. The Bertz CT molecular complexity index is 945. The van der Waals surface area contributed by atoms with Gasteiger partial charge in [0, 0.05) is 19.6 Å². The number of amides is 2. The van der Waals surface area contributed by atoms with Crippen molar-refractivity contribution in [1.29, 1.82) is 0 Å². The average Bonchev–Trinajstić information content (AvgIpc) is 3.43. The first-order chi connectivity index (χ1) is 14.5. The van der Waals surface area contributed by atoms with Crippen molar-refractivity contribution in [3.63, 3.8) is 0 Å². The Balaban J connectivity index is 1.59. The highest BCUT2D eigenvalue weighted by atomic mass is 16.7. The number of fused-ring (bicyclic) bond motifs is 1. The van der Waals surface area contributed by atoms with Gasteiger partial charge in [0.15, 0.2) is 17.2 Å². The molecule has 11 nitrogen and oxygen atoms in total. The summed E-state index contributed by atoms with van der Waals surface area (Å²) in [6.07, 6.45) is -0.0733. The molecule has 0 radical (unpaired) electrons. The molecule has 2 amide bonds. The number of carbonyl (C=O) groups excluding carboxylic acids is 2. The van der Waals surface area contributed by atoms with Crippen LogP contribution in [0.15, 0.2) is 18.2 Å². The summed E-state index contributed by atoms with van der Waals surface area (Å²) < 4.78 is 22.5. The summed E-state index contributed by atoms with van der Waals surface area (Å²) in [6.45, 7) is 2.97. The van der Waals surface area contributed by atoms with Gasteiger partial charge in [-0.25, -0.2) is 9.48 Å². The number of ether oxygens (including phenoxy) is 4. The van der Waals surface area contributed by atoms with Crippen molar-refractivity contribution < 1.29 is 28.5 Å². The number of nitrogens with zero attached hydrogens (tertiary/aromatic N) is 3. The van der Waals surface area contributed by atoms with Crippen molar-refractivity contribution in [2.24, 2.45) is 0 Å². The van der Waals surface area contributed by atoms with Crippen LogP contribution in [0.5, 0.6) is 11.5 Å². The monoisotopic (exact) mass is 417 g/mol. The lowest BCUT2D eigenvalue weighted by Gasteiger charge is -2.14. The Labute approximate surface area is 172 Å². The first-order valence-electron chi connectivity index (χ1n) is 9.57. The van der Waals surface area contributed by atoms with Crippen LogP contribution in [0.3, 0.4) is 0 Å². The van der Waals surface area contributed by atoms with Crippen molar-refractivity contribution in [2.45, 2.75) is 32.0 Å². The van der Waals surface area contributed by atoms with Crippen molar-refractivity contribution in [1.82, 2.24) is 25.6 Å². The number of hydrogen-bond acceptors (Lipinski definition) is 8. The lowest BCUT2D eigenvalue weighted by atomic mass is 10.1. The van der Waals surface area contributed by atoms with Gasteiger partial charge in [0.25, 0.3) is 5.91 Å². The summed E-state index contributed by atoms with van der Waals surface area (Å²) in [5.74, 6) is 0.999. The molecule has 0 aliphatic carbocycles. The van der Waals surface area contributed by atoms with Crippen molar-refractivity contribution in [2.75, 3.05) is 27.1 Å². The second-order valence-electron chi connectivity index (χ2n) is 7.20. The third-order valence-electron chi connectivity index (χ3n) is 4.79. The highest BCUT2D eigenvalue weighted by Crippen LogP contribution is 2.33. The van der Waals surface area contributed by atoms with Crippen molar-refractivity contribution >= 4 is 12.0 Å². The maximum absolute atomic E-state index is 12.8. The normalized spacial score (nSPS) is 18.1. The Morgan fingerprint density at radius 2 is 2.20 bits per heavy atom. The molecule has 2 atom stereocenters. The predicted molar refractivity (Wildman–Crippen MR) is 102 cm³/mol. The van der Waals surface area contributed by atoms with Crippen LogP contribution in [0.1, 0.15) is 28.7 Å². The summed E-state index contributed by atoms with van der Waals surface area (Å²) >= 11 is 0. The number of methoxy groups -OCH3 is 1. The molecule has 11 heteroatoms. The van der Waals surface area contributed by atoms with Crippen LogP contribution >= 0.6 is 0 Å². The third-order valence-corrected chi connectivity index (χ3v) is 4.79. The van der Waals surface area contributed by atoms with Gasteiger partial charge in [0.2, 0.25) is 6.79 Å². The van der Waals surface area contributed by atoms with Gasteiger partial charge < -0.3 is 29.6 Å². The summed E-state index contributed by atoms with van der Waals surface area (Å²) in [5, 5.41) is 13.8. The van der Waals surface area contributed by atoms with Gasteiger partial charge >= 0.3 is 6.09 Å². The average molecular weight is 417 g/mol. The van der Waals surface area contributed by atoms with Gasteiger partial charge in [-0.3, -0.25) is 4.79 Å². The smallest absolute Gasteiger partial charge is 0.407 e. The molecule has 1 aromatic carbocycles. The molecular formula is C19H23N5O6. The van der Waals surface area contributed by atoms with Crippen molar-refractivity contribution in [3.05, 3.63) is 35.2 Å². The minimum absolute atomic E-state index is 0.185. The zero-order valence-corrected chi connectivity index (χ0v) is 16.7. The molecule has 0 bridgehead atoms. The Morgan fingerprint density at radius 1 is 1.37 bits per heavy atom. The Morgan fingerprint density at radius 3 is 2.97 bits per heavy atom. The molecular weight excluding hydrogens is 394 g/mol. The van der Waals surface area contributed by atoms with E-state index in [1.165, 1.54) is 0 Å². The Hall–Kier alpha value is -3.34. The van der Waals surface area contributed by atoms with E-state index >= 15 is 0 Å². The number of hydrogen-bond donors (Lipinski definition) is 2. The lowest BCUT2D eigenvalue weighted by molar-refractivity contribution is 0.0899. The van der Waals surface area contributed by atoms with Crippen LogP contribution in [0.2, 0.25) is 0 Å². The minimum atomic E-state index is -0.469. The van der Waals surface area contributed by atoms with E-state index in [9.17, 15) is 9.59 Å². The number of cyclic esters (lactones) is 1. The zero-order chi connectivity index (χ0) is 21.1. The molecule has 2 aromatic rings. The number of aromatic nitrogens is 3. The quantitative estimate of drug-likeness (QED) is 0.635. The highest BCUT2D eigenvalue weighted by molar-refractivity contribution is 5.93.